The highest BCUT2D eigenvalue weighted by Gasteiger charge is 2.38. The van der Waals surface area contributed by atoms with E-state index in [4.69, 9.17) is 11.6 Å². The number of anilines is 1. The van der Waals surface area contributed by atoms with Gasteiger partial charge in [-0.3, -0.25) is 4.79 Å². The summed E-state index contributed by atoms with van der Waals surface area (Å²) in [5.41, 5.74) is -1.24. The van der Waals surface area contributed by atoms with Gasteiger partial charge in [0.1, 0.15) is 0 Å². The topological polar surface area (TPSA) is 40.5 Å². The normalized spacial score (nSPS) is 20.6. The summed E-state index contributed by atoms with van der Waals surface area (Å²) in [4.78, 5) is 12.4. The lowest BCUT2D eigenvalue weighted by atomic mass is 10.1. The van der Waals surface area contributed by atoms with Gasteiger partial charge >= 0.3 is 6.18 Å². The Morgan fingerprint density at radius 1 is 1.39 bits per heavy atom. The molecular weight excluding hydrogens is 271 g/mol. The molecule has 1 saturated heterocycles. The van der Waals surface area contributed by atoms with Gasteiger partial charge in [-0.05, 0) is 18.2 Å². The van der Waals surface area contributed by atoms with Gasteiger partial charge in [-0.25, -0.2) is 0 Å². The lowest BCUT2D eigenvalue weighted by Gasteiger charge is -2.21. The molecule has 1 aromatic carbocycles. The van der Waals surface area contributed by atoms with Crippen molar-refractivity contribution in [2.24, 2.45) is 0 Å². The predicted octanol–water partition coefficient (Wildman–Crippen LogP) is 2.46. The van der Waals surface area contributed by atoms with Crippen molar-refractivity contribution in [1.82, 2.24) is 0 Å². The Morgan fingerprint density at radius 2 is 2.06 bits per heavy atom. The molecule has 18 heavy (non-hydrogen) atoms. The zero-order chi connectivity index (χ0) is 13.5. The summed E-state index contributed by atoms with van der Waals surface area (Å²) in [6.45, 7) is -0.135. The molecule has 7 heteroatoms. The fraction of sp³-hybridized carbons (Fsp3) is 0.364. The monoisotopic (exact) mass is 279 g/mol. The molecule has 0 radical (unpaired) electrons. The van der Waals surface area contributed by atoms with Crippen LogP contribution in [0.4, 0.5) is 18.9 Å². The maximum Gasteiger partial charge on any atom is 0.418 e. The first-order valence-electron chi connectivity index (χ1n) is 5.14. The molecule has 1 heterocycles. The maximum atomic E-state index is 12.8. The number of rotatable bonds is 1. The van der Waals surface area contributed by atoms with Crippen LogP contribution in [0.2, 0.25) is 5.02 Å². The van der Waals surface area contributed by atoms with Crippen LogP contribution >= 0.6 is 11.6 Å². The quantitative estimate of drug-likeness (QED) is 0.858. The Balaban J connectivity index is 2.48. The van der Waals surface area contributed by atoms with Crippen molar-refractivity contribution in [3.63, 3.8) is 0 Å². The molecule has 98 valence electrons. The minimum Gasteiger partial charge on any atom is -0.391 e. The van der Waals surface area contributed by atoms with Crippen molar-refractivity contribution in [3.8, 4) is 0 Å². The molecule has 0 saturated carbocycles. The summed E-state index contributed by atoms with van der Waals surface area (Å²) >= 11 is 5.54. The highest BCUT2D eigenvalue weighted by Crippen LogP contribution is 2.39. The second kappa shape index (κ2) is 4.44. The third-order valence-electron chi connectivity index (χ3n) is 2.66. The van der Waals surface area contributed by atoms with Gasteiger partial charge in [0.25, 0.3) is 0 Å². The van der Waals surface area contributed by atoms with E-state index in [1.807, 2.05) is 0 Å². The highest BCUT2D eigenvalue weighted by atomic mass is 35.5. The van der Waals surface area contributed by atoms with E-state index in [0.29, 0.717) is 0 Å². The lowest BCUT2D eigenvalue weighted by Crippen LogP contribution is -2.27. The molecule has 1 fully saturated rings. The van der Waals surface area contributed by atoms with Crippen molar-refractivity contribution >= 4 is 23.2 Å². The predicted molar refractivity (Wildman–Crippen MR) is 59.4 cm³/mol. The van der Waals surface area contributed by atoms with Gasteiger partial charge in [0.05, 0.1) is 30.3 Å². The van der Waals surface area contributed by atoms with E-state index < -0.39 is 23.8 Å². The molecule has 0 aromatic heterocycles. The second-order valence-electron chi connectivity index (χ2n) is 4.02. The Kier molecular flexibility index (Phi) is 3.25. The highest BCUT2D eigenvalue weighted by molar-refractivity contribution is 6.30. The number of amides is 1. The summed E-state index contributed by atoms with van der Waals surface area (Å²) in [7, 11) is 0. The number of alkyl halides is 3. The van der Waals surface area contributed by atoms with Crippen LogP contribution in [0.15, 0.2) is 18.2 Å². The van der Waals surface area contributed by atoms with Crippen LogP contribution in [-0.2, 0) is 11.0 Å². The van der Waals surface area contributed by atoms with Gasteiger partial charge in [0.15, 0.2) is 0 Å². The maximum absolute atomic E-state index is 12.8. The average Bonchev–Trinajstić information content (AvgIpc) is 2.56. The summed E-state index contributed by atoms with van der Waals surface area (Å²) in [6, 6.07) is 3.19. The SMILES string of the molecule is O=C1CC(O)CN1c1ccc(Cl)cc1C(F)(F)F. The van der Waals surface area contributed by atoms with E-state index in [1.165, 1.54) is 6.07 Å². The smallest absolute Gasteiger partial charge is 0.391 e. The molecule has 1 amide bonds. The van der Waals surface area contributed by atoms with Gasteiger partial charge in [-0.2, -0.15) is 13.2 Å². The number of nitrogens with zero attached hydrogens (tertiary/aromatic N) is 1. The van der Waals surface area contributed by atoms with Gasteiger partial charge < -0.3 is 10.0 Å². The second-order valence-corrected chi connectivity index (χ2v) is 4.46. The van der Waals surface area contributed by atoms with Crippen molar-refractivity contribution in [2.45, 2.75) is 18.7 Å². The molecule has 1 aliphatic rings. The molecular formula is C11H9ClF3NO2. The number of aliphatic hydroxyl groups excluding tert-OH is 1. The first kappa shape index (κ1) is 13.2. The van der Waals surface area contributed by atoms with Crippen LogP contribution in [-0.4, -0.2) is 23.7 Å². The van der Waals surface area contributed by atoms with Crippen LogP contribution in [0.3, 0.4) is 0 Å². The number of halogens is 4. The standard InChI is InChI=1S/C11H9ClF3NO2/c12-6-1-2-9(8(3-6)11(13,14)15)16-5-7(17)4-10(16)18/h1-3,7,17H,4-5H2. The molecule has 1 atom stereocenters. The molecule has 1 aliphatic heterocycles. The van der Waals surface area contributed by atoms with Gasteiger partial charge in [0.2, 0.25) is 5.91 Å². The number of carbonyl (C=O) groups is 1. The van der Waals surface area contributed by atoms with Crippen molar-refractivity contribution < 1.29 is 23.1 Å². The van der Waals surface area contributed by atoms with E-state index in [-0.39, 0.29) is 23.7 Å². The fourth-order valence-corrected chi connectivity index (χ4v) is 2.06. The minimum absolute atomic E-state index is 0.0572. The van der Waals surface area contributed by atoms with E-state index in [0.717, 1.165) is 17.0 Å². The average molecular weight is 280 g/mol. The molecule has 3 nitrogen and oxygen atoms in total. The van der Waals surface area contributed by atoms with Crippen LogP contribution in [0, 0.1) is 0 Å². The Hall–Kier alpha value is -1.27. The summed E-state index contributed by atoms with van der Waals surface area (Å²) in [6.07, 6.45) is -5.71. The first-order chi connectivity index (χ1) is 8.29. The third-order valence-corrected chi connectivity index (χ3v) is 2.89. The van der Waals surface area contributed by atoms with Crippen LogP contribution in [0.5, 0.6) is 0 Å². The van der Waals surface area contributed by atoms with Gasteiger partial charge in [-0.1, -0.05) is 11.6 Å². The Morgan fingerprint density at radius 3 is 2.56 bits per heavy atom. The van der Waals surface area contributed by atoms with Crippen LogP contribution < -0.4 is 4.90 Å². The number of benzene rings is 1. The lowest BCUT2D eigenvalue weighted by molar-refractivity contribution is -0.137. The summed E-state index contributed by atoms with van der Waals surface area (Å²) in [5, 5.41) is 9.25. The van der Waals surface area contributed by atoms with Crippen LogP contribution in [0.25, 0.3) is 0 Å². The van der Waals surface area contributed by atoms with E-state index >= 15 is 0 Å². The van der Waals surface area contributed by atoms with Gasteiger partial charge in [-0.15, -0.1) is 0 Å². The van der Waals surface area contributed by atoms with Crippen molar-refractivity contribution in [3.05, 3.63) is 28.8 Å². The fourth-order valence-electron chi connectivity index (χ4n) is 1.89. The summed E-state index contributed by atoms with van der Waals surface area (Å²) < 4.78 is 38.5. The molecule has 2 rings (SSSR count). The molecule has 0 bridgehead atoms. The zero-order valence-corrected chi connectivity index (χ0v) is 9.79. The number of carbonyl (C=O) groups excluding carboxylic acids is 1. The molecule has 1 N–H and O–H groups in total. The minimum atomic E-state index is -4.60. The van der Waals surface area contributed by atoms with Crippen molar-refractivity contribution in [1.29, 1.82) is 0 Å². The Bertz CT molecular complexity index is 490. The van der Waals surface area contributed by atoms with E-state index in [2.05, 4.69) is 0 Å². The summed E-state index contributed by atoms with van der Waals surface area (Å²) in [5.74, 6) is -0.532. The number of β-amino-alcohol motifs (C(OH)–C–C–N with tert-alkyl or cyclic N) is 1. The van der Waals surface area contributed by atoms with Crippen LogP contribution in [0.1, 0.15) is 12.0 Å². The largest absolute Gasteiger partial charge is 0.418 e. The van der Waals surface area contributed by atoms with Gasteiger partial charge in [0, 0.05) is 5.02 Å². The number of hydrogen-bond donors (Lipinski definition) is 1. The zero-order valence-electron chi connectivity index (χ0n) is 9.04. The Labute approximate surface area is 106 Å². The molecule has 0 spiro atoms. The number of aliphatic hydroxyl groups is 1. The third kappa shape index (κ3) is 2.44. The molecule has 0 aliphatic carbocycles. The molecule has 1 unspecified atom stereocenters. The number of hydrogen-bond acceptors (Lipinski definition) is 2. The van der Waals surface area contributed by atoms with E-state index in [9.17, 15) is 23.1 Å². The molecule has 1 aromatic rings. The van der Waals surface area contributed by atoms with E-state index in [1.54, 1.807) is 0 Å². The van der Waals surface area contributed by atoms with Crippen molar-refractivity contribution in [2.75, 3.05) is 11.4 Å². The first-order valence-corrected chi connectivity index (χ1v) is 5.52.